The lowest BCUT2D eigenvalue weighted by atomic mass is 10.2. The summed E-state index contributed by atoms with van der Waals surface area (Å²) in [6, 6.07) is 10.1. The van der Waals surface area contributed by atoms with Crippen LogP contribution in [0, 0.1) is 10.1 Å². The van der Waals surface area contributed by atoms with Gasteiger partial charge < -0.3 is 19.8 Å². The molecule has 0 amide bonds. The summed E-state index contributed by atoms with van der Waals surface area (Å²) in [6.45, 7) is 2.35. The molecule has 0 spiro atoms. The fourth-order valence-electron chi connectivity index (χ4n) is 2.09. The molecule has 8 nitrogen and oxygen atoms in total. The molecular formula is C17H22N4O4. The number of ether oxygens (including phenoxy) is 1. The molecule has 0 radical (unpaired) electrons. The number of guanidine groups is 1. The van der Waals surface area contributed by atoms with E-state index >= 15 is 0 Å². The third-order valence-electron chi connectivity index (χ3n) is 3.41. The lowest BCUT2D eigenvalue weighted by molar-refractivity contribution is -0.384. The van der Waals surface area contributed by atoms with Crippen LogP contribution < -0.4 is 10.6 Å². The van der Waals surface area contributed by atoms with E-state index in [0.717, 1.165) is 24.3 Å². The number of non-ortho nitro benzene ring substituents is 1. The second kappa shape index (κ2) is 10.1. The van der Waals surface area contributed by atoms with Gasteiger partial charge >= 0.3 is 0 Å². The number of nitro groups is 1. The smallest absolute Gasteiger partial charge is 0.269 e. The van der Waals surface area contributed by atoms with Crippen molar-refractivity contribution in [2.75, 3.05) is 20.2 Å². The lowest BCUT2D eigenvalue weighted by Gasteiger charge is -2.12. The Hall–Kier alpha value is -2.87. The van der Waals surface area contributed by atoms with Gasteiger partial charge in [0.1, 0.15) is 12.4 Å². The first kappa shape index (κ1) is 18.5. The average molecular weight is 346 g/mol. The van der Waals surface area contributed by atoms with Gasteiger partial charge in [-0.1, -0.05) is 12.1 Å². The largest absolute Gasteiger partial charge is 0.467 e. The van der Waals surface area contributed by atoms with E-state index in [-0.39, 0.29) is 5.69 Å². The summed E-state index contributed by atoms with van der Waals surface area (Å²) >= 11 is 0. The van der Waals surface area contributed by atoms with Crippen LogP contribution >= 0.6 is 0 Å². The standard InChI is InChI=1S/C17H22N4O4/c1-18-17(19-9-3-10-24-13-16-4-2-11-25-16)20-12-14-5-7-15(8-6-14)21(22)23/h2,4-8,11H,3,9-10,12-13H2,1H3,(H2,18,19,20). The van der Waals surface area contributed by atoms with Gasteiger partial charge in [-0.15, -0.1) is 0 Å². The highest BCUT2D eigenvalue weighted by atomic mass is 16.6. The molecule has 2 N–H and O–H groups in total. The summed E-state index contributed by atoms with van der Waals surface area (Å²) in [5, 5.41) is 17.0. The first-order valence-electron chi connectivity index (χ1n) is 7.97. The van der Waals surface area contributed by atoms with Crippen LogP contribution in [0.5, 0.6) is 0 Å². The summed E-state index contributed by atoms with van der Waals surface area (Å²) in [5.74, 6) is 1.48. The van der Waals surface area contributed by atoms with E-state index in [1.807, 2.05) is 12.1 Å². The van der Waals surface area contributed by atoms with E-state index in [2.05, 4.69) is 15.6 Å². The van der Waals surface area contributed by atoms with Crippen LogP contribution in [0.3, 0.4) is 0 Å². The molecule has 1 heterocycles. The third kappa shape index (κ3) is 6.64. The first-order chi connectivity index (χ1) is 12.2. The Kier molecular flexibility index (Phi) is 7.45. The minimum atomic E-state index is -0.411. The molecule has 134 valence electrons. The predicted molar refractivity (Wildman–Crippen MR) is 94.3 cm³/mol. The van der Waals surface area contributed by atoms with Crippen LogP contribution in [0.4, 0.5) is 5.69 Å². The number of nitrogens with one attached hydrogen (secondary N) is 2. The molecule has 0 saturated heterocycles. The van der Waals surface area contributed by atoms with E-state index in [4.69, 9.17) is 9.15 Å². The summed E-state index contributed by atoms with van der Waals surface area (Å²) in [5.41, 5.74) is 1.02. The molecule has 0 fully saturated rings. The molecule has 0 aliphatic rings. The molecule has 0 unspecified atom stereocenters. The average Bonchev–Trinajstić information content (AvgIpc) is 3.14. The van der Waals surface area contributed by atoms with Crippen molar-refractivity contribution < 1.29 is 14.1 Å². The summed E-state index contributed by atoms with van der Waals surface area (Å²) in [4.78, 5) is 14.4. The van der Waals surface area contributed by atoms with Crippen LogP contribution in [0.25, 0.3) is 0 Å². The molecule has 2 aromatic rings. The number of aliphatic imine (C=N–C) groups is 1. The van der Waals surface area contributed by atoms with Crippen molar-refractivity contribution >= 4 is 11.6 Å². The number of rotatable bonds is 9. The van der Waals surface area contributed by atoms with E-state index in [9.17, 15) is 10.1 Å². The minimum Gasteiger partial charge on any atom is -0.467 e. The maximum Gasteiger partial charge on any atom is 0.269 e. The van der Waals surface area contributed by atoms with E-state index in [1.54, 1.807) is 25.4 Å². The lowest BCUT2D eigenvalue weighted by Crippen LogP contribution is -2.37. The predicted octanol–water partition coefficient (Wildman–Crippen LogP) is 2.46. The Morgan fingerprint density at radius 3 is 2.72 bits per heavy atom. The minimum absolute atomic E-state index is 0.0841. The fraction of sp³-hybridized carbons (Fsp3) is 0.353. The van der Waals surface area contributed by atoms with Gasteiger partial charge in [0, 0.05) is 38.9 Å². The Labute approximate surface area is 146 Å². The molecular weight excluding hydrogens is 324 g/mol. The highest BCUT2D eigenvalue weighted by Crippen LogP contribution is 2.11. The van der Waals surface area contributed by atoms with Crippen molar-refractivity contribution in [1.82, 2.24) is 10.6 Å². The van der Waals surface area contributed by atoms with Crippen molar-refractivity contribution in [3.63, 3.8) is 0 Å². The number of nitrogens with zero attached hydrogens (tertiary/aromatic N) is 2. The number of nitro benzene ring substituents is 1. The van der Waals surface area contributed by atoms with Gasteiger partial charge in [0.25, 0.3) is 5.69 Å². The number of furan rings is 1. The van der Waals surface area contributed by atoms with Gasteiger partial charge in [-0.3, -0.25) is 15.1 Å². The van der Waals surface area contributed by atoms with Crippen molar-refractivity contribution in [3.05, 3.63) is 64.1 Å². The zero-order valence-corrected chi connectivity index (χ0v) is 14.1. The summed E-state index contributed by atoms with van der Waals surface area (Å²) in [6.07, 6.45) is 2.46. The van der Waals surface area contributed by atoms with Crippen molar-refractivity contribution in [3.8, 4) is 0 Å². The van der Waals surface area contributed by atoms with Gasteiger partial charge in [0.15, 0.2) is 5.96 Å². The molecule has 25 heavy (non-hydrogen) atoms. The monoisotopic (exact) mass is 346 g/mol. The Balaban J connectivity index is 1.60. The van der Waals surface area contributed by atoms with E-state index < -0.39 is 4.92 Å². The van der Waals surface area contributed by atoms with Gasteiger partial charge in [-0.2, -0.15) is 0 Å². The SMILES string of the molecule is CN=C(NCCCOCc1ccco1)NCc1ccc([N+](=O)[O-])cc1. The topological polar surface area (TPSA) is 102 Å². The highest BCUT2D eigenvalue weighted by Gasteiger charge is 2.04. The Morgan fingerprint density at radius 1 is 1.28 bits per heavy atom. The third-order valence-corrected chi connectivity index (χ3v) is 3.41. The van der Waals surface area contributed by atoms with E-state index in [1.165, 1.54) is 12.1 Å². The normalized spacial score (nSPS) is 11.3. The molecule has 0 atom stereocenters. The molecule has 0 bridgehead atoms. The first-order valence-corrected chi connectivity index (χ1v) is 7.97. The van der Waals surface area contributed by atoms with Gasteiger partial charge in [-0.05, 0) is 24.1 Å². The van der Waals surface area contributed by atoms with Gasteiger partial charge in [-0.25, -0.2) is 0 Å². The number of hydrogen-bond acceptors (Lipinski definition) is 5. The van der Waals surface area contributed by atoms with Gasteiger partial charge in [0.05, 0.1) is 11.2 Å². The molecule has 0 aliphatic carbocycles. The highest BCUT2D eigenvalue weighted by molar-refractivity contribution is 5.79. The maximum absolute atomic E-state index is 10.6. The zero-order valence-electron chi connectivity index (χ0n) is 14.1. The van der Waals surface area contributed by atoms with Crippen molar-refractivity contribution in [2.45, 2.75) is 19.6 Å². The van der Waals surface area contributed by atoms with Crippen LogP contribution in [0.15, 0.2) is 52.1 Å². The Bertz CT molecular complexity index is 668. The van der Waals surface area contributed by atoms with Crippen LogP contribution in [-0.2, 0) is 17.9 Å². The fourth-order valence-corrected chi connectivity index (χ4v) is 2.09. The second-order valence-electron chi connectivity index (χ2n) is 5.26. The second-order valence-corrected chi connectivity index (χ2v) is 5.26. The number of hydrogen-bond donors (Lipinski definition) is 2. The van der Waals surface area contributed by atoms with Crippen LogP contribution in [0.1, 0.15) is 17.7 Å². The van der Waals surface area contributed by atoms with E-state index in [0.29, 0.717) is 25.7 Å². The summed E-state index contributed by atoms with van der Waals surface area (Å²) < 4.78 is 10.7. The molecule has 0 saturated carbocycles. The van der Waals surface area contributed by atoms with Crippen LogP contribution in [0.2, 0.25) is 0 Å². The molecule has 1 aromatic heterocycles. The molecule has 0 aliphatic heterocycles. The number of benzene rings is 1. The molecule has 8 heteroatoms. The maximum atomic E-state index is 10.6. The molecule has 2 rings (SSSR count). The zero-order chi connectivity index (χ0) is 17.9. The van der Waals surface area contributed by atoms with Crippen LogP contribution in [-0.4, -0.2) is 31.1 Å². The van der Waals surface area contributed by atoms with Gasteiger partial charge in [0.2, 0.25) is 0 Å². The quantitative estimate of drug-likeness (QED) is 0.238. The Morgan fingerprint density at radius 2 is 2.08 bits per heavy atom. The van der Waals surface area contributed by atoms with Crippen molar-refractivity contribution in [1.29, 1.82) is 0 Å². The summed E-state index contributed by atoms with van der Waals surface area (Å²) in [7, 11) is 1.69. The molecule has 1 aromatic carbocycles. The van der Waals surface area contributed by atoms with Crippen molar-refractivity contribution in [2.24, 2.45) is 4.99 Å².